The topological polar surface area (TPSA) is 44.8 Å². The molecule has 0 aromatic heterocycles. The molecule has 6 heteroatoms. The van der Waals surface area contributed by atoms with Crippen LogP contribution in [-0.2, 0) is 25.3 Å². The lowest BCUT2D eigenvalue weighted by Gasteiger charge is -2.15. The van der Waals surface area contributed by atoms with E-state index in [0.717, 1.165) is 11.0 Å². The SMILES string of the molecule is C=C1OB(c2cc(Cl)cc(CC(=O)OCC)c2)OC1(C)C. The summed E-state index contributed by atoms with van der Waals surface area (Å²) >= 11 is 6.11. The highest BCUT2D eigenvalue weighted by atomic mass is 35.5. The van der Waals surface area contributed by atoms with Crippen molar-refractivity contribution in [3.63, 3.8) is 0 Å². The lowest BCUT2D eigenvalue weighted by atomic mass is 9.78. The van der Waals surface area contributed by atoms with E-state index in [2.05, 4.69) is 6.58 Å². The van der Waals surface area contributed by atoms with Gasteiger partial charge in [-0.3, -0.25) is 4.79 Å². The Morgan fingerprint density at radius 3 is 2.71 bits per heavy atom. The van der Waals surface area contributed by atoms with Crippen molar-refractivity contribution in [3.8, 4) is 0 Å². The molecule has 0 bridgehead atoms. The van der Waals surface area contributed by atoms with Gasteiger partial charge in [-0.25, -0.2) is 0 Å². The first-order chi connectivity index (χ1) is 9.81. The van der Waals surface area contributed by atoms with Crippen molar-refractivity contribution in [2.75, 3.05) is 6.61 Å². The molecule has 1 aliphatic heterocycles. The van der Waals surface area contributed by atoms with E-state index in [1.165, 1.54) is 0 Å². The van der Waals surface area contributed by atoms with Gasteiger partial charge in [-0.1, -0.05) is 24.2 Å². The van der Waals surface area contributed by atoms with Gasteiger partial charge in [-0.15, -0.1) is 0 Å². The number of rotatable bonds is 4. The highest BCUT2D eigenvalue weighted by Gasteiger charge is 2.42. The highest BCUT2D eigenvalue weighted by Crippen LogP contribution is 2.29. The van der Waals surface area contributed by atoms with Crippen LogP contribution in [0.2, 0.25) is 5.02 Å². The standard InChI is InChI=1S/C15H18BClO4/c1-5-19-14(18)8-11-6-12(9-13(17)7-11)16-20-10(2)15(3,4)21-16/h6-7,9H,2,5,8H2,1,3-4H3. The second-order valence-corrected chi connectivity index (χ2v) is 5.81. The second-order valence-electron chi connectivity index (χ2n) is 5.38. The minimum Gasteiger partial charge on any atom is -0.534 e. The van der Waals surface area contributed by atoms with Gasteiger partial charge < -0.3 is 14.0 Å². The van der Waals surface area contributed by atoms with Crippen LogP contribution in [-0.4, -0.2) is 25.3 Å². The molecule has 0 aliphatic carbocycles. The summed E-state index contributed by atoms with van der Waals surface area (Å²) < 4.78 is 16.4. The number of hydrogen-bond acceptors (Lipinski definition) is 4. The minimum atomic E-state index is -0.563. The average Bonchev–Trinajstić information content (AvgIpc) is 2.63. The van der Waals surface area contributed by atoms with Gasteiger partial charge in [-0.05, 0) is 43.9 Å². The van der Waals surface area contributed by atoms with E-state index in [9.17, 15) is 4.79 Å². The lowest BCUT2D eigenvalue weighted by molar-refractivity contribution is -0.142. The van der Waals surface area contributed by atoms with E-state index in [-0.39, 0.29) is 12.4 Å². The van der Waals surface area contributed by atoms with E-state index in [1.807, 2.05) is 19.9 Å². The van der Waals surface area contributed by atoms with Gasteiger partial charge in [0.15, 0.2) is 0 Å². The van der Waals surface area contributed by atoms with Crippen molar-refractivity contribution in [1.29, 1.82) is 0 Å². The van der Waals surface area contributed by atoms with Crippen LogP contribution in [0.3, 0.4) is 0 Å². The van der Waals surface area contributed by atoms with Gasteiger partial charge in [-0.2, -0.15) is 0 Å². The van der Waals surface area contributed by atoms with Crippen molar-refractivity contribution in [3.05, 3.63) is 41.1 Å². The van der Waals surface area contributed by atoms with Crippen LogP contribution < -0.4 is 5.46 Å². The lowest BCUT2D eigenvalue weighted by Crippen LogP contribution is -2.34. The molecule has 1 heterocycles. The number of halogens is 1. The molecule has 1 fully saturated rings. The smallest absolute Gasteiger partial charge is 0.534 e. The Labute approximate surface area is 130 Å². The van der Waals surface area contributed by atoms with Gasteiger partial charge in [0, 0.05) is 5.02 Å². The summed E-state index contributed by atoms with van der Waals surface area (Å²) in [4.78, 5) is 11.6. The molecule has 0 amide bonds. The largest absolute Gasteiger partial charge is 0.563 e. The van der Waals surface area contributed by atoms with E-state index in [4.69, 9.17) is 25.6 Å². The summed E-state index contributed by atoms with van der Waals surface area (Å²) in [5.41, 5.74) is 0.973. The van der Waals surface area contributed by atoms with Crippen LogP contribution in [0, 0.1) is 0 Å². The van der Waals surface area contributed by atoms with Crippen molar-refractivity contribution in [2.24, 2.45) is 0 Å². The Kier molecular flexibility index (Phi) is 4.64. The first-order valence-corrected chi connectivity index (χ1v) is 7.18. The summed E-state index contributed by atoms with van der Waals surface area (Å²) in [5.74, 6) is 0.281. The van der Waals surface area contributed by atoms with E-state index < -0.39 is 12.7 Å². The zero-order valence-electron chi connectivity index (χ0n) is 12.4. The average molecular weight is 309 g/mol. The van der Waals surface area contributed by atoms with Crippen LogP contribution in [0.25, 0.3) is 0 Å². The Bertz CT molecular complexity index is 571. The third-order valence-corrected chi connectivity index (χ3v) is 3.45. The summed E-state index contributed by atoms with van der Waals surface area (Å²) in [6.45, 7) is 9.75. The molecular weight excluding hydrogens is 290 g/mol. The number of hydrogen-bond donors (Lipinski definition) is 0. The Morgan fingerprint density at radius 2 is 2.14 bits per heavy atom. The maximum atomic E-state index is 11.6. The summed E-state index contributed by atoms with van der Waals surface area (Å²) in [7, 11) is -0.563. The van der Waals surface area contributed by atoms with Crippen LogP contribution >= 0.6 is 11.6 Å². The molecule has 0 radical (unpaired) electrons. The zero-order chi connectivity index (χ0) is 15.6. The second kappa shape index (κ2) is 6.12. The summed E-state index contributed by atoms with van der Waals surface area (Å²) in [5, 5.41) is 0.523. The monoisotopic (exact) mass is 308 g/mol. The molecule has 0 unspecified atom stereocenters. The molecule has 1 saturated heterocycles. The molecule has 0 N–H and O–H groups in total. The van der Waals surface area contributed by atoms with Crippen molar-refractivity contribution in [1.82, 2.24) is 0 Å². The van der Waals surface area contributed by atoms with Gasteiger partial charge in [0.1, 0.15) is 5.60 Å². The molecule has 4 nitrogen and oxygen atoms in total. The van der Waals surface area contributed by atoms with Gasteiger partial charge >= 0.3 is 13.1 Å². The Hall–Kier alpha value is -1.46. The highest BCUT2D eigenvalue weighted by molar-refractivity contribution is 6.62. The molecule has 21 heavy (non-hydrogen) atoms. The third-order valence-electron chi connectivity index (χ3n) is 3.23. The third kappa shape index (κ3) is 3.80. The fourth-order valence-electron chi connectivity index (χ4n) is 2.06. The fraction of sp³-hybridized carbons (Fsp3) is 0.400. The molecule has 1 aliphatic rings. The molecule has 112 valence electrons. The number of ether oxygens (including phenoxy) is 1. The van der Waals surface area contributed by atoms with Crippen molar-refractivity contribution in [2.45, 2.75) is 32.8 Å². The number of carbonyl (C=O) groups is 1. The minimum absolute atomic E-state index is 0.165. The first kappa shape index (κ1) is 15.9. The number of benzene rings is 1. The van der Waals surface area contributed by atoms with E-state index >= 15 is 0 Å². The molecule has 2 rings (SSSR count). The van der Waals surface area contributed by atoms with Crippen LogP contribution in [0.15, 0.2) is 30.5 Å². The Morgan fingerprint density at radius 1 is 1.43 bits per heavy atom. The number of esters is 1. The fourth-order valence-corrected chi connectivity index (χ4v) is 2.32. The van der Waals surface area contributed by atoms with Gasteiger partial charge in [0.05, 0.1) is 18.8 Å². The Balaban J connectivity index is 2.20. The maximum absolute atomic E-state index is 11.6. The molecule has 0 spiro atoms. The van der Waals surface area contributed by atoms with Crippen molar-refractivity contribution < 1.29 is 18.8 Å². The van der Waals surface area contributed by atoms with Gasteiger partial charge in [0.25, 0.3) is 0 Å². The summed E-state index contributed by atoms with van der Waals surface area (Å²) in [6.07, 6.45) is 0.165. The van der Waals surface area contributed by atoms with Crippen LogP contribution in [0.4, 0.5) is 0 Å². The molecule has 1 aromatic carbocycles. The predicted octanol–water partition coefficient (Wildman–Crippen LogP) is 2.48. The zero-order valence-corrected chi connectivity index (χ0v) is 13.2. The maximum Gasteiger partial charge on any atom is 0.563 e. The number of carbonyl (C=O) groups excluding carboxylic acids is 1. The predicted molar refractivity (Wildman–Crippen MR) is 82.6 cm³/mol. The first-order valence-electron chi connectivity index (χ1n) is 6.80. The van der Waals surface area contributed by atoms with E-state index in [1.54, 1.807) is 19.1 Å². The quantitative estimate of drug-likeness (QED) is 0.633. The molecule has 0 atom stereocenters. The van der Waals surface area contributed by atoms with Crippen LogP contribution in [0.5, 0.6) is 0 Å². The molecular formula is C15H18BClO4. The normalized spacial score (nSPS) is 16.8. The van der Waals surface area contributed by atoms with Crippen molar-refractivity contribution >= 4 is 30.2 Å². The summed E-state index contributed by atoms with van der Waals surface area (Å²) in [6, 6.07) is 5.33. The molecule has 0 saturated carbocycles. The van der Waals surface area contributed by atoms with Gasteiger partial charge in [0.2, 0.25) is 0 Å². The van der Waals surface area contributed by atoms with Crippen LogP contribution in [0.1, 0.15) is 26.3 Å². The van der Waals surface area contributed by atoms with E-state index in [0.29, 0.717) is 17.4 Å². The molecule has 1 aromatic rings.